The van der Waals surface area contributed by atoms with Gasteiger partial charge in [-0.3, -0.25) is 14.5 Å². The van der Waals surface area contributed by atoms with Gasteiger partial charge in [-0.15, -0.1) is 0 Å². The van der Waals surface area contributed by atoms with Crippen LogP contribution in [0.3, 0.4) is 0 Å². The number of carbonyl (C=O) groups is 3. The van der Waals surface area contributed by atoms with Crippen molar-refractivity contribution in [1.29, 1.82) is 0 Å². The summed E-state index contributed by atoms with van der Waals surface area (Å²) in [4.78, 5) is 38.8. The number of hydrogen-bond donors (Lipinski definition) is 3. The molecule has 4 rings (SSSR count). The van der Waals surface area contributed by atoms with E-state index < -0.39 is 29.8 Å². The van der Waals surface area contributed by atoms with E-state index in [2.05, 4.69) is 5.32 Å². The molecule has 0 aliphatic carbocycles. The molecule has 0 bridgehead atoms. The fourth-order valence-electron chi connectivity index (χ4n) is 3.87. The van der Waals surface area contributed by atoms with Crippen molar-refractivity contribution in [3.8, 4) is 5.75 Å². The number of carbonyl (C=O) groups excluding carboxylic acids is 3. The number of halogens is 1. The minimum atomic E-state index is -0.758. The van der Waals surface area contributed by atoms with Crippen molar-refractivity contribution in [3.05, 3.63) is 59.4 Å². The minimum absolute atomic E-state index is 0.0187. The highest BCUT2D eigenvalue weighted by molar-refractivity contribution is 5.96. The van der Waals surface area contributed by atoms with E-state index in [9.17, 15) is 23.9 Å². The number of primary amides is 1. The van der Waals surface area contributed by atoms with E-state index in [0.29, 0.717) is 43.2 Å². The van der Waals surface area contributed by atoms with Gasteiger partial charge in [-0.1, -0.05) is 6.07 Å². The number of benzene rings is 2. The van der Waals surface area contributed by atoms with Crippen LogP contribution < -0.4 is 20.9 Å². The third-order valence-electron chi connectivity index (χ3n) is 5.69. The van der Waals surface area contributed by atoms with Gasteiger partial charge in [0.05, 0.1) is 43.2 Å². The molecule has 0 radical (unpaired) electrons. The fraction of sp³-hybridized carbons (Fsp3) is 0.292. The molecular weight excluding hydrogens is 459 g/mol. The van der Waals surface area contributed by atoms with Gasteiger partial charge >= 0.3 is 6.09 Å². The Morgan fingerprint density at radius 2 is 1.97 bits per heavy atom. The summed E-state index contributed by atoms with van der Waals surface area (Å²) in [5.74, 6) is -1.92. The van der Waals surface area contributed by atoms with Crippen molar-refractivity contribution in [2.75, 3.05) is 49.2 Å². The van der Waals surface area contributed by atoms with Crippen LogP contribution in [0.4, 0.5) is 20.6 Å². The Morgan fingerprint density at radius 1 is 1.20 bits per heavy atom. The zero-order valence-corrected chi connectivity index (χ0v) is 18.8. The van der Waals surface area contributed by atoms with Crippen molar-refractivity contribution < 1.29 is 33.4 Å². The number of ether oxygens (including phenoxy) is 2. The van der Waals surface area contributed by atoms with Crippen LogP contribution in [0, 0.1) is 5.82 Å². The molecular formula is C24H25FN4O6. The van der Waals surface area contributed by atoms with E-state index in [1.165, 1.54) is 41.3 Å². The van der Waals surface area contributed by atoms with Crippen molar-refractivity contribution in [2.24, 2.45) is 5.73 Å². The van der Waals surface area contributed by atoms with Crippen LogP contribution in [0.15, 0.2) is 42.5 Å². The Labute approximate surface area is 200 Å². The maximum Gasteiger partial charge on any atom is 0.414 e. The van der Waals surface area contributed by atoms with Gasteiger partial charge in [0.2, 0.25) is 5.91 Å². The molecule has 0 spiro atoms. The molecule has 2 aromatic rings. The molecule has 0 aromatic heterocycles. The molecule has 0 saturated carbocycles. The zero-order valence-electron chi connectivity index (χ0n) is 18.8. The predicted molar refractivity (Wildman–Crippen MR) is 126 cm³/mol. The second-order valence-corrected chi connectivity index (χ2v) is 8.07. The molecule has 184 valence electrons. The standard InChI is InChI=1S/C24H25FN4O6/c25-19-12-16(3-5-20(19)28-7-9-34-10-8-28)29-14-17(35-24(29)33)13-27-22(31)6-2-15-1-4-18(23(26)32)21(30)11-15/h1-6,11-12,17,30H,7-10,13-14H2,(H2,26,32)(H,27,31)/t17-/m0/s1. The average Bonchev–Trinajstić information content (AvgIpc) is 3.22. The summed E-state index contributed by atoms with van der Waals surface area (Å²) in [6.45, 7) is 2.47. The molecule has 2 saturated heterocycles. The lowest BCUT2D eigenvalue weighted by Gasteiger charge is -2.29. The number of nitrogens with zero attached hydrogens (tertiary/aromatic N) is 2. The SMILES string of the molecule is NC(=O)c1ccc(C=CC(=O)NC[C@H]2CN(c3ccc(N4CCOCC4)c(F)c3)C(=O)O2)cc1O. The molecule has 10 nitrogen and oxygen atoms in total. The first-order valence-corrected chi connectivity index (χ1v) is 11.0. The van der Waals surface area contributed by atoms with E-state index in [0.717, 1.165) is 0 Å². The lowest BCUT2D eigenvalue weighted by Crippen LogP contribution is -2.36. The average molecular weight is 484 g/mol. The van der Waals surface area contributed by atoms with Gasteiger partial charge in [0.15, 0.2) is 0 Å². The summed E-state index contributed by atoms with van der Waals surface area (Å²) < 4.78 is 25.3. The molecule has 3 amide bonds. The van der Waals surface area contributed by atoms with E-state index in [1.54, 1.807) is 12.1 Å². The number of morpholine rings is 1. The van der Waals surface area contributed by atoms with Crippen LogP contribution in [0.25, 0.3) is 6.08 Å². The van der Waals surface area contributed by atoms with Crippen LogP contribution in [0.5, 0.6) is 5.75 Å². The number of phenols is 1. The third kappa shape index (κ3) is 5.69. The van der Waals surface area contributed by atoms with Crippen LogP contribution in [-0.2, 0) is 14.3 Å². The summed E-state index contributed by atoms with van der Waals surface area (Å²) in [5.41, 5.74) is 6.44. The predicted octanol–water partition coefficient (Wildman–Crippen LogP) is 1.62. The second kappa shape index (κ2) is 10.4. The molecule has 2 aromatic carbocycles. The molecule has 11 heteroatoms. The smallest absolute Gasteiger partial charge is 0.414 e. The highest BCUT2D eigenvalue weighted by atomic mass is 19.1. The van der Waals surface area contributed by atoms with Crippen LogP contribution in [0.2, 0.25) is 0 Å². The molecule has 2 aliphatic heterocycles. The second-order valence-electron chi connectivity index (χ2n) is 8.07. The van der Waals surface area contributed by atoms with E-state index in [-0.39, 0.29) is 24.4 Å². The van der Waals surface area contributed by atoms with Crippen molar-refractivity contribution in [2.45, 2.75) is 6.10 Å². The lowest BCUT2D eigenvalue weighted by atomic mass is 10.1. The molecule has 35 heavy (non-hydrogen) atoms. The molecule has 1 atom stereocenters. The monoisotopic (exact) mass is 484 g/mol. The number of nitrogens with one attached hydrogen (secondary N) is 1. The lowest BCUT2D eigenvalue weighted by molar-refractivity contribution is -0.116. The van der Waals surface area contributed by atoms with Crippen molar-refractivity contribution >= 4 is 35.4 Å². The number of aromatic hydroxyl groups is 1. The summed E-state index contributed by atoms with van der Waals surface area (Å²) >= 11 is 0. The third-order valence-corrected chi connectivity index (χ3v) is 5.69. The highest BCUT2D eigenvalue weighted by Gasteiger charge is 2.33. The largest absolute Gasteiger partial charge is 0.507 e. The highest BCUT2D eigenvalue weighted by Crippen LogP contribution is 2.28. The van der Waals surface area contributed by atoms with E-state index >= 15 is 0 Å². The molecule has 0 unspecified atom stereocenters. The number of hydrogen-bond acceptors (Lipinski definition) is 7. The van der Waals surface area contributed by atoms with Crippen LogP contribution in [0.1, 0.15) is 15.9 Å². The minimum Gasteiger partial charge on any atom is -0.507 e. The Hall–Kier alpha value is -4.12. The number of amides is 3. The van der Waals surface area contributed by atoms with Gasteiger partial charge in [-0.2, -0.15) is 0 Å². The quantitative estimate of drug-likeness (QED) is 0.509. The van der Waals surface area contributed by atoms with E-state index in [4.69, 9.17) is 15.2 Å². The normalized spacial score (nSPS) is 18.1. The Morgan fingerprint density at radius 3 is 2.66 bits per heavy atom. The number of anilines is 2. The van der Waals surface area contributed by atoms with Gasteiger partial charge in [-0.25, -0.2) is 9.18 Å². The number of rotatable bonds is 7. The summed E-state index contributed by atoms with van der Waals surface area (Å²) in [5, 5.41) is 12.4. The van der Waals surface area contributed by atoms with Gasteiger partial charge in [0.1, 0.15) is 17.7 Å². The zero-order chi connectivity index (χ0) is 24.9. The van der Waals surface area contributed by atoms with E-state index in [1.807, 2.05) is 4.90 Å². The summed E-state index contributed by atoms with van der Waals surface area (Å²) in [6, 6.07) is 8.80. The van der Waals surface area contributed by atoms with Gasteiger partial charge in [0.25, 0.3) is 5.91 Å². The van der Waals surface area contributed by atoms with Gasteiger partial charge < -0.3 is 30.5 Å². The molecule has 2 aliphatic rings. The first-order valence-electron chi connectivity index (χ1n) is 11.0. The van der Waals surface area contributed by atoms with Crippen LogP contribution >= 0.6 is 0 Å². The number of nitrogens with two attached hydrogens (primary N) is 1. The molecule has 2 fully saturated rings. The summed E-state index contributed by atoms with van der Waals surface area (Å²) in [6.07, 6.45) is 1.46. The fourth-order valence-corrected chi connectivity index (χ4v) is 3.87. The maximum atomic E-state index is 14.7. The van der Waals surface area contributed by atoms with Crippen molar-refractivity contribution in [1.82, 2.24) is 5.32 Å². The molecule has 4 N–H and O–H groups in total. The first kappa shape index (κ1) is 24.0. The maximum absolute atomic E-state index is 14.7. The Kier molecular flexibility index (Phi) is 7.16. The van der Waals surface area contributed by atoms with Gasteiger partial charge in [0, 0.05) is 19.2 Å². The Balaban J connectivity index is 1.31. The van der Waals surface area contributed by atoms with Gasteiger partial charge in [-0.05, 0) is 42.0 Å². The van der Waals surface area contributed by atoms with Crippen LogP contribution in [-0.4, -0.2) is 68.5 Å². The molecule has 2 heterocycles. The first-order chi connectivity index (χ1) is 16.8. The topological polar surface area (TPSA) is 134 Å². The number of cyclic esters (lactones) is 1. The van der Waals surface area contributed by atoms with Crippen molar-refractivity contribution in [3.63, 3.8) is 0 Å². The summed E-state index contributed by atoms with van der Waals surface area (Å²) in [7, 11) is 0. The Bertz CT molecular complexity index is 1160.